The van der Waals surface area contributed by atoms with Crippen molar-refractivity contribution < 1.29 is 8.42 Å². The fourth-order valence-corrected chi connectivity index (χ4v) is 2.89. The van der Waals surface area contributed by atoms with Crippen molar-refractivity contribution in [1.29, 1.82) is 0 Å². The fraction of sp³-hybridized carbons (Fsp3) is 0.588. The summed E-state index contributed by atoms with van der Waals surface area (Å²) in [6.07, 6.45) is 4.85. The van der Waals surface area contributed by atoms with Crippen LogP contribution in [0.25, 0.3) is 0 Å². The summed E-state index contributed by atoms with van der Waals surface area (Å²) in [6, 6.07) is 6.78. The van der Waals surface area contributed by atoms with Gasteiger partial charge in [-0.05, 0) is 38.1 Å². The maximum absolute atomic E-state index is 11.7. The largest absolute Gasteiger partial charge is 0.357 e. The van der Waals surface area contributed by atoms with Gasteiger partial charge < -0.3 is 10.6 Å². The molecule has 1 rings (SSSR count). The zero-order valence-electron chi connectivity index (χ0n) is 15.3. The lowest BCUT2D eigenvalue weighted by Crippen LogP contribution is -2.37. The Kier molecular flexibility index (Phi) is 12.9. The molecule has 144 valence electrons. The number of hydrogen-bond acceptors (Lipinski definition) is 3. The van der Waals surface area contributed by atoms with E-state index in [1.165, 1.54) is 26.3 Å². The van der Waals surface area contributed by atoms with Crippen LogP contribution < -0.4 is 15.4 Å². The first-order valence-electron chi connectivity index (χ1n) is 8.58. The van der Waals surface area contributed by atoms with Crippen LogP contribution in [0.1, 0.15) is 45.1 Å². The van der Waals surface area contributed by atoms with Gasteiger partial charge in [-0.2, -0.15) is 0 Å². The Hall–Kier alpha value is -0.870. The summed E-state index contributed by atoms with van der Waals surface area (Å²) in [5.74, 6) is 0.793. The van der Waals surface area contributed by atoms with Crippen molar-refractivity contribution in [3.63, 3.8) is 0 Å². The van der Waals surface area contributed by atoms with Gasteiger partial charge in [0.1, 0.15) is 0 Å². The van der Waals surface area contributed by atoms with Crippen molar-refractivity contribution in [2.75, 3.05) is 20.1 Å². The van der Waals surface area contributed by atoms with Gasteiger partial charge in [0.2, 0.25) is 10.0 Å². The van der Waals surface area contributed by atoms with Gasteiger partial charge >= 0.3 is 0 Å². The van der Waals surface area contributed by atoms with Gasteiger partial charge in [0, 0.05) is 13.1 Å². The third-order valence-electron chi connectivity index (χ3n) is 3.59. The number of benzene rings is 1. The van der Waals surface area contributed by atoms with Gasteiger partial charge in [-0.15, -0.1) is 24.0 Å². The Bertz CT molecular complexity index is 604. The highest BCUT2D eigenvalue weighted by atomic mass is 127. The summed E-state index contributed by atoms with van der Waals surface area (Å²) in [4.78, 5) is 4.81. The Labute approximate surface area is 169 Å². The number of nitrogens with one attached hydrogen (secondary N) is 3. The lowest BCUT2D eigenvalue weighted by molar-refractivity contribution is 0.588. The van der Waals surface area contributed by atoms with Crippen molar-refractivity contribution in [1.82, 2.24) is 15.4 Å². The van der Waals surface area contributed by atoms with Gasteiger partial charge in [-0.25, -0.2) is 18.1 Å². The smallest absolute Gasteiger partial charge is 0.240 e. The molecule has 0 amide bonds. The summed E-state index contributed by atoms with van der Waals surface area (Å²) < 4.78 is 25.7. The molecule has 0 aliphatic carbocycles. The van der Waals surface area contributed by atoms with E-state index in [1.807, 2.05) is 6.92 Å². The van der Waals surface area contributed by atoms with Crippen LogP contribution in [0.5, 0.6) is 0 Å². The Morgan fingerprint density at radius 1 is 1.04 bits per heavy atom. The van der Waals surface area contributed by atoms with E-state index in [2.05, 4.69) is 27.3 Å². The zero-order valence-corrected chi connectivity index (χ0v) is 18.5. The van der Waals surface area contributed by atoms with E-state index >= 15 is 0 Å². The summed E-state index contributed by atoms with van der Waals surface area (Å²) in [7, 11) is -1.98. The van der Waals surface area contributed by atoms with Crippen molar-refractivity contribution in [2.45, 2.75) is 51.0 Å². The minimum Gasteiger partial charge on any atom is -0.357 e. The molecule has 0 aliphatic rings. The van der Waals surface area contributed by atoms with E-state index in [0.717, 1.165) is 31.0 Å². The lowest BCUT2D eigenvalue weighted by Gasteiger charge is -2.11. The third-order valence-corrected chi connectivity index (χ3v) is 5.02. The molecule has 0 unspecified atom stereocenters. The average molecular weight is 482 g/mol. The molecule has 0 saturated heterocycles. The van der Waals surface area contributed by atoms with Crippen LogP contribution in [-0.2, 0) is 16.6 Å². The highest BCUT2D eigenvalue weighted by Crippen LogP contribution is 2.10. The molecule has 0 heterocycles. The number of sulfonamides is 1. The second-order valence-corrected chi connectivity index (χ2v) is 7.42. The molecular weight excluding hydrogens is 451 g/mol. The van der Waals surface area contributed by atoms with Gasteiger partial charge in [0.25, 0.3) is 0 Å². The standard InChI is InChI=1S/C17H30N4O2S.HI/c1-4-6-7-8-13-20-17(19-5-2)21-14-15-9-11-16(12-10-15)24(22,23)18-3;/h9-12,18H,4-8,13-14H2,1-3H3,(H2,19,20,21);1H. The number of nitrogens with zero attached hydrogens (tertiary/aromatic N) is 1. The number of aliphatic imine (C=N–C) groups is 1. The number of guanidine groups is 1. The SMILES string of the molecule is CCCCCCNC(=NCc1ccc(S(=O)(=O)NC)cc1)NCC.I. The van der Waals surface area contributed by atoms with Crippen LogP contribution in [0.4, 0.5) is 0 Å². The van der Waals surface area contributed by atoms with Crippen LogP contribution in [0.15, 0.2) is 34.2 Å². The zero-order chi connectivity index (χ0) is 17.8. The van der Waals surface area contributed by atoms with E-state index in [0.29, 0.717) is 6.54 Å². The molecule has 0 radical (unpaired) electrons. The van der Waals surface area contributed by atoms with Crippen molar-refractivity contribution in [3.05, 3.63) is 29.8 Å². The predicted molar refractivity (Wildman–Crippen MR) is 115 cm³/mol. The van der Waals surface area contributed by atoms with Gasteiger partial charge in [-0.3, -0.25) is 0 Å². The van der Waals surface area contributed by atoms with E-state index in [1.54, 1.807) is 24.3 Å². The minimum atomic E-state index is -3.39. The van der Waals surface area contributed by atoms with Crippen LogP contribution in [-0.4, -0.2) is 34.5 Å². The molecule has 1 aromatic carbocycles. The molecule has 6 nitrogen and oxygen atoms in total. The topological polar surface area (TPSA) is 82.6 Å². The lowest BCUT2D eigenvalue weighted by atomic mass is 10.2. The summed E-state index contributed by atoms with van der Waals surface area (Å²) in [5, 5.41) is 6.55. The molecule has 0 saturated carbocycles. The molecule has 0 aliphatic heterocycles. The first-order valence-corrected chi connectivity index (χ1v) is 10.1. The van der Waals surface area contributed by atoms with E-state index in [-0.39, 0.29) is 28.9 Å². The fourth-order valence-electron chi connectivity index (χ4n) is 2.16. The Morgan fingerprint density at radius 2 is 1.72 bits per heavy atom. The summed E-state index contributed by atoms with van der Waals surface area (Å²) in [6.45, 7) is 6.45. The Balaban J connectivity index is 0.00000576. The predicted octanol–water partition coefficient (Wildman–Crippen LogP) is 2.85. The molecule has 8 heteroatoms. The number of hydrogen-bond donors (Lipinski definition) is 3. The molecule has 0 fully saturated rings. The first-order chi connectivity index (χ1) is 11.5. The molecule has 25 heavy (non-hydrogen) atoms. The first kappa shape index (κ1) is 24.1. The molecule has 0 spiro atoms. The van der Waals surface area contributed by atoms with Gasteiger partial charge in [0.15, 0.2) is 5.96 Å². The van der Waals surface area contributed by atoms with E-state index < -0.39 is 10.0 Å². The highest BCUT2D eigenvalue weighted by Gasteiger charge is 2.10. The van der Waals surface area contributed by atoms with Crippen LogP contribution in [0, 0.1) is 0 Å². The maximum atomic E-state index is 11.7. The van der Waals surface area contributed by atoms with Gasteiger partial charge in [0.05, 0.1) is 11.4 Å². The van der Waals surface area contributed by atoms with Crippen LogP contribution in [0.3, 0.4) is 0 Å². The highest BCUT2D eigenvalue weighted by molar-refractivity contribution is 14.0. The molecule has 0 atom stereocenters. The van der Waals surface area contributed by atoms with Crippen LogP contribution in [0.2, 0.25) is 0 Å². The molecule has 0 bridgehead atoms. The second-order valence-electron chi connectivity index (χ2n) is 5.53. The number of rotatable bonds is 10. The minimum absolute atomic E-state index is 0. The quantitative estimate of drug-likeness (QED) is 0.207. The van der Waals surface area contributed by atoms with Crippen molar-refractivity contribution in [3.8, 4) is 0 Å². The molecular formula is C17H31IN4O2S. The van der Waals surface area contributed by atoms with Crippen LogP contribution >= 0.6 is 24.0 Å². The average Bonchev–Trinajstić information content (AvgIpc) is 2.59. The number of unbranched alkanes of at least 4 members (excludes halogenated alkanes) is 3. The molecule has 0 aromatic heterocycles. The molecule has 1 aromatic rings. The summed E-state index contributed by atoms with van der Waals surface area (Å²) >= 11 is 0. The molecule has 3 N–H and O–H groups in total. The van der Waals surface area contributed by atoms with E-state index in [9.17, 15) is 8.42 Å². The normalized spacial score (nSPS) is 11.7. The van der Waals surface area contributed by atoms with Crippen molar-refractivity contribution in [2.24, 2.45) is 4.99 Å². The maximum Gasteiger partial charge on any atom is 0.240 e. The Morgan fingerprint density at radius 3 is 2.28 bits per heavy atom. The third kappa shape index (κ3) is 9.41. The summed E-state index contributed by atoms with van der Waals surface area (Å²) in [5.41, 5.74) is 0.966. The van der Waals surface area contributed by atoms with Gasteiger partial charge in [-0.1, -0.05) is 38.3 Å². The number of halogens is 1. The van der Waals surface area contributed by atoms with Crippen molar-refractivity contribution >= 4 is 40.0 Å². The monoisotopic (exact) mass is 482 g/mol. The van der Waals surface area contributed by atoms with E-state index in [4.69, 9.17) is 0 Å². The second kappa shape index (κ2) is 13.3.